The summed E-state index contributed by atoms with van der Waals surface area (Å²) >= 11 is 1.58. The van der Waals surface area contributed by atoms with Crippen LogP contribution in [0.25, 0.3) is 0 Å². The smallest absolute Gasteiger partial charge is 0.268 e. The largest absolute Gasteiger partial charge is 0.309 e. The SMILES string of the molecule is N#Cc1cnc(CSc2ccccc2)[nH]c1=O. The van der Waals surface area contributed by atoms with Crippen LogP contribution in [0, 0.1) is 11.3 Å². The molecule has 0 atom stereocenters. The quantitative estimate of drug-likeness (QED) is 0.836. The van der Waals surface area contributed by atoms with Crippen molar-refractivity contribution in [2.75, 3.05) is 0 Å². The second-order valence-corrected chi connectivity index (χ2v) is 4.33. The molecule has 2 rings (SSSR count). The van der Waals surface area contributed by atoms with Gasteiger partial charge in [-0.1, -0.05) is 18.2 Å². The third-order valence-corrected chi connectivity index (χ3v) is 3.11. The highest BCUT2D eigenvalue weighted by Gasteiger charge is 2.02. The Bertz CT molecular complexity index is 601. The minimum Gasteiger partial charge on any atom is -0.309 e. The monoisotopic (exact) mass is 243 g/mol. The van der Waals surface area contributed by atoms with E-state index >= 15 is 0 Å². The summed E-state index contributed by atoms with van der Waals surface area (Å²) in [7, 11) is 0. The molecule has 0 saturated heterocycles. The number of aromatic amines is 1. The van der Waals surface area contributed by atoms with Gasteiger partial charge in [-0.25, -0.2) is 4.98 Å². The van der Waals surface area contributed by atoms with Crippen molar-refractivity contribution < 1.29 is 0 Å². The fourth-order valence-electron chi connectivity index (χ4n) is 1.25. The van der Waals surface area contributed by atoms with E-state index in [1.54, 1.807) is 17.8 Å². The Hall–Kier alpha value is -2.06. The number of rotatable bonds is 3. The van der Waals surface area contributed by atoms with Crippen molar-refractivity contribution in [2.45, 2.75) is 10.6 Å². The molecule has 17 heavy (non-hydrogen) atoms. The zero-order valence-electron chi connectivity index (χ0n) is 8.88. The van der Waals surface area contributed by atoms with E-state index in [0.29, 0.717) is 11.6 Å². The molecule has 0 aliphatic heterocycles. The van der Waals surface area contributed by atoms with E-state index in [9.17, 15) is 4.79 Å². The van der Waals surface area contributed by atoms with Gasteiger partial charge in [0.05, 0.1) is 11.9 Å². The van der Waals surface area contributed by atoms with Gasteiger partial charge in [-0.2, -0.15) is 5.26 Å². The lowest BCUT2D eigenvalue weighted by Gasteiger charge is -2.00. The fraction of sp³-hybridized carbons (Fsp3) is 0.0833. The van der Waals surface area contributed by atoms with Crippen LogP contribution in [0.1, 0.15) is 11.4 Å². The Morgan fingerprint density at radius 1 is 1.35 bits per heavy atom. The van der Waals surface area contributed by atoms with Gasteiger partial charge in [0.1, 0.15) is 17.5 Å². The molecule has 0 saturated carbocycles. The van der Waals surface area contributed by atoms with E-state index in [4.69, 9.17) is 5.26 Å². The highest BCUT2D eigenvalue weighted by molar-refractivity contribution is 7.98. The van der Waals surface area contributed by atoms with Crippen molar-refractivity contribution >= 4 is 11.8 Å². The maximum absolute atomic E-state index is 11.4. The molecule has 0 fully saturated rings. The normalized spacial score (nSPS) is 9.82. The van der Waals surface area contributed by atoms with Gasteiger partial charge in [-0.3, -0.25) is 4.79 Å². The number of aromatic nitrogens is 2. The van der Waals surface area contributed by atoms with Crippen LogP contribution in [-0.2, 0) is 5.75 Å². The molecule has 1 aromatic carbocycles. The van der Waals surface area contributed by atoms with Crippen LogP contribution in [0.5, 0.6) is 0 Å². The molecule has 0 spiro atoms. The molecule has 0 bridgehead atoms. The lowest BCUT2D eigenvalue weighted by Crippen LogP contribution is -2.13. The summed E-state index contributed by atoms with van der Waals surface area (Å²) in [5, 5.41) is 8.60. The van der Waals surface area contributed by atoms with Gasteiger partial charge in [-0.05, 0) is 12.1 Å². The van der Waals surface area contributed by atoms with E-state index in [1.807, 2.05) is 30.3 Å². The Morgan fingerprint density at radius 2 is 2.12 bits per heavy atom. The second-order valence-electron chi connectivity index (χ2n) is 3.29. The Kier molecular flexibility index (Phi) is 3.58. The minimum absolute atomic E-state index is 0.0402. The van der Waals surface area contributed by atoms with Crippen LogP contribution in [-0.4, -0.2) is 9.97 Å². The summed E-state index contributed by atoms with van der Waals surface area (Å²) in [6.45, 7) is 0. The van der Waals surface area contributed by atoms with Crippen molar-refractivity contribution in [3.8, 4) is 6.07 Å². The second kappa shape index (κ2) is 5.32. The van der Waals surface area contributed by atoms with E-state index in [1.165, 1.54) is 6.20 Å². The molecule has 0 aliphatic rings. The van der Waals surface area contributed by atoms with Crippen LogP contribution in [0.3, 0.4) is 0 Å². The lowest BCUT2D eigenvalue weighted by molar-refractivity contribution is 0.992. The van der Waals surface area contributed by atoms with Crippen LogP contribution in [0.2, 0.25) is 0 Å². The van der Waals surface area contributed by atoms with Crippen LogP contribution >= 0.6 is 11.8 Å². The summed E-state index contributed by atoms with van der Waals surface area (Å²) in [5.41, 5.74) is -0.343. The lowest BCUT2D eigenvalue weighted by atomic mass is 10.4. The van der Waals surface area contributed by atoms with Crippen LogP contribution in [0.15, 0.2) is 46.2 Å². The molecule has 1 N–H and O–H groups in total. The Labute approximate surface area is 102 Å². The Morgan fingerprint density at radius 3 is 2.76 bits per heavy atom. The van der Waals surface area contributed by atoms with Crippen molar-refractivity contribution in [2.24, 2.45) is 0 Å². The van der Waals surface area contributed by atoms with E-state index in [0.717, 1.165) is 4.90 Å². The van der Waals surface area contributed by atoms with Crippen LogP contribution < -0.4 is 5.56 Å². The van der Waals surface area contributed by atoms with Gasteiger partial charge in [0.25, 0.3) is 5.56 Å². The van der Waals surface area contributed by atoms with Crippen LogP contribution in [0.4, 0.5) is 0 Å². The third kappa shape index (κ3) is 2.95. The van der Waals surface area contributed by atoms with E-state index < -0.39 is 0 Å². The summed E-state index contributed by atoms with van der Waals surface area (Å²) in [6.07, 6.45) is 1.31. The first-order valence-corrected chi connectivity index (χ1v) is 5.94. The minimum atomic E-state index is -0.383. The molecule has 0 aliphatic carbocycles. The van der Waals surface area contributed by atoms with Gasteiger partial charge in [0.15, 0.2) is 0 Å². The zero-order valence-corrected chi connectivity index (χ0v) is 9.70. The molecule has 84 valence electrons. The molecule has 1 heterocycles. The number of nitrogens with zero attached hydrogens (tertiary/aromatic N) is 2. The summed E-state index contributed by atoms with van der Waals surface area (Å²) in [5.74, 6) is 1.15. The number of hydrogen-bond donors (Lipinski definition) is 1. The maximum atomic E-state index is 11.4. The maximum Gasteiger partial charge on any atom is 0.268 e. The number of nitrogens with one attached hydrogen (secondary N) is 1. The third-order valence-electron chi connectivity index (χ3n) is 2.09. The summed E-state index contributed by atoms with van der Waals surface area (Å²) in [4.78, 5) is 19.1. The van der Waals surface area contributed by atoms with Gasteiger partial charge < -0.3 is 4.98 Å². The standard InChI is InChI=1S/C12H9N3OS/c13-6-9-7-14-11(15-12(9)16)8-17-10-4-2-1-3-5-10/h1-5,7H,8H2,(H,14,15,16). The molecule has 5 heteroatoms. The van der Waals surface area contributed by atoms with E-state index in [-0.39, 0.29) is 11.1 Å². The van der Waals surface area contributed by atoms with Gasteiger partial charge in [0.2, 0.25) is 0 Å². The molecule has 0 radical (unpaired) electrons. The highest BCUT2D eigenvalue weighted by Crippen LogP contribution is 2.19. The number of nitriles is 1. The predicted octanol–water partition coefficient (Wildman–Crippen LogP) is 1.93. The zero-order chi connectivity index (χ0) is 12.1. The topological polar surface area (TPSA) is 69.5 Å². The average Bonchev–Trinajstić information content (AvgIpc) is 2.38. The highest BCUT2D eigenvalue weighted by atomic mass is 32.2. The first-order valence-electron chi connectivity index (χ1n) is 4.96. The van der Waals surface area contributed by atoms with Crippen molar-refractivity contribution in [3.63, 3.8) is 0 Å². The molecular formula is C12H9N3OS. The molecule has 2 aromatic rings. The first-order chi connectivity index (χ1) is 8.29. The molecule has 1 aromatic heterocycles. The summed E-state index contributed by atoms with van der Waals surface area (Å²) in [6, 6.07) is 11.6. The average molecular weight is 243 g/mol. The molecule has 0 unspecified atom stereocenters. The fourth-order valence-corrected chi connectivity index (χ4v) is 2.05. The number of benzene rings is 1. The summed E-state index contributed by atoms with van der Waals surface area (Å²) < 4.78 is 0. The van der Waals surface area contributed by atoms with E-state index in [2.05, 4.69) is 9.97 Å². The Balaban J connectivity index is 2.08. The molecular weight excluding hydrogens is 234 g/mol. The van der Waals surface area contributed by atoms with Crippen molar-refractivity contribution in [1.82, 2.24) is 9.97 Å². The number of thioether (sulfide) groups is 1. The van der Waals surface area contributed by atoms with Gasteiger partial charge in [-0.15, -0.1) is 11.8 Å². The number of hydrogen-bond acceptors (Lipinski definition) is 4. The number of H-pyrrole nitrogens is 1. The molecule has 0 amide bonds. The predicted molar refractivity (Wildman–Crippen MR) is 65.6 cm³/mol. The van der Waals surface area contributed by atoms with Gasteiger partial charge >= 0.3 is 0 Å². The van der Waals surface area contributed by atoms with Crippen molar-refractivity contribution in [3.05, 3.63) is 58.3 Å². The van der Waals surface area contributed by atoms with Crippen molar-refractivity contribution in [1.29, 1.82) is 5.26 Å². The first kappa shape index (κ1) is 11.4. The van der Waals surface area contributed by atoms with Gasteiger partial charge in [0, 0.05) is 4.90 Å². The molecule has 4 nitrogen and oxygen atoms in total.